The van der Waals surface area contributed by atoms with E-state index in [1.807, 2.05) is 24.8 Å². The molecule has 0 spiro atoms. The summed E-state index contributed by atoms with van der Waals surface area (Å²) >= 11 is 0. The zero-order valence-electron chi connectivity index (χ0n) is 12.2. The highest BCUT2D eigenvalue weighted by atomic mass is 16.5. The van der Waals surface area contributed by atoms with Gasteiger partial charge in [-0.15, -0.1) is 0 Å². The Bertz CT molecular complexity index is 518. The highest BCUT2D eigenvalue weighted by molar-refractivity contribution is 5.92. The van der Waals surface area contributed by atoms with Gasteiger partial charge in [0.1, 0.15) is 5.76 Å². The first-order chi connectivity index (χ1) is 9.63. The van der Waals surface area contributed by atoms with Gasteiger partial charge >= 0.3 is 0 Å². The molecule has 2 saturated carbocycles. The SMILES string of the molecule is CC(C)c1cc(C(=O)N2C[C@@H]3[C@@H]4CC[C@@H](C4)[C@@H]3C2)no1. The molecule has 0 aromatic carbocycles. The van der Waals surface area contributed by atoms with Crippen molar-refractivity contribution in [2.24, 2.45) is 23.7 Å². The van der Waals surface area contributed by atoms with E-state index in [1.165, 1.54) is 19.3 Å². The summed E-state index contributed by atoms with van der Waals surface area (Å²) in [5.41, 5.74) is 0.487. The van der Waals surface area contributed by atoms with Crippen LogP contribution in [0.4, 0.5) is 0 Å². The first-order valence-corrected chi connectivity index (χ1v) is 7.89. The van der Waals surface area contributed by atoms with Gasteiger partial charge in [0, 0.05) is 25.1 Å². The third-order valence-corrected chi connectivity index (χ3v) is 5.74. The predicted octanol–water partition coefficient (Wildman–Crippen LogP) is 2.92. The Balaban J connectivity index is 1.50. The summed E-state index contributed by atoms with van der Waals surface area (Å²) in [7, 11) is 0. The average molecular weight is 274 g/mol. The molecular formula is C16H22N2O2. The average Bonchev–Trinajstić information content (AvgIpc) is 3.17. The van der Waals surface area contributed by atoms with Crippen molar-refractivity contribution in [1.29, 1.82) is 0 Å². The third-order valence-electron chi connectivity index (χ3n) is 5.74. The van der Waals surface area contributed by atoms with E-state index in [4.69, 9.17) is 4.52 Å². The van der Waals surface area contributed by atoms with Crippen LogP contribution in [0.2, 0.25) is 0 Å². The number of aromatic nitrogens is 1. The fraction of sp³-hybridized carbons (Fsp3) is 0.750. The van der Waals surface area contributed by atoms with E-state index in [0.29, 0.717) is 5.69 Å². The molecule has 4 atom stereocenters. The van der Waals surface area contributed by atoms with E-state index < -0.39 is 0 Å². The molecule has 0 N–H and O–H groups in total. The van der Waals surface area contributed by atoms with E-state index in [0.717, 1.165) is 42.5 Å². The lowest BCUT2D eigenvalue weighted by Crippen LogP contribution is -2.30. The highest BCUT2D eigenvalue weighted by Crippen LogP contribution is 2.55. The molecule has 3 aliphatic rings. The van der Waals surface area contributed by atoms with Crippen LogP contribution < -0.4 is 0 Å². The van der Waals surface area contributed by atoms with Crippen molar-refractivity contribution in [2.45, 2.75) is 39.0 Å². The predicted molar refractivity (Wildman–Crippen MR) is 74.3 cm³/mol. The number of hydrogen-bond acceptors (Lipinski definition) is 3. The smallest absolute Gasteiger partial charge is 0.276 e. The van der Waals surface area contributed by atoms with Crippen molar-refractivity contribution in [2.75, 3.05) is 13.1 Å². The standard InChI is InChI=1S/C16H22N2O2/c1-9(2)15-6-14(17-20-15)16(19)18-7-12-10-3-4-11(5-10)13(12)8-18/h6,9-13H,3-5,7-8H2,1-2H3/t10-,11+,12-,13+. The van der Waals surface area contributed by atoms with Gasteiger partial charge in [0.05, 0.1) is 0 Å². The fourth-order valence-corrected chi connectivity index (χ4v) is 4.67. The molecule has 1 aliphatic heterocycles. The Morgan fingerprint density at radius 3 is 2.50 bits per heavy atom. The first-order valence-electron chi connectivity index (χ1n) is 7.89. The molecule has 1 saturated heterocycles. The summed E-state index contributed by atoms with van der Waals surface area (Å²) < 4.78 is 5.26. The van der Waals surface area contributed by atoms with Gasteiger partial charge in [-0.1, -0.05) is 19.0 Å². The Hall–Kier alpha value is -1.32. The summed E-state index contributed by atoms with van der Waals surface area (Å²) in [6.45, 7) is 5.97. The summed E-state index contributed by atoms with van der Waals surface area (Å²) in [4.78, 5) is 14.6. The second kappa shape index (κ2) is 4.34. The molecule has 1 amide bonds. The largest absolute Gasteiger partial charge is 0.360 e. The van der Waals surface area contributed by atoms with Crippen molar-refractivity contribution < 1.29 is 9.32 Å². The van der Waals surface area contributed by atoms with Crippen LogP contribution in [-0.4, -0.2) is 29.1 Å². The zero-order valence-corrected chi connectivity index (χ0v) is 12.2. The number of rotatable bonds is 2. The van der Waals surface area contributed by atoms with Crippen molar-refractivity contribution in [3.63, 3.8) is 0 Å². The van der Waals surface area contributed by atoms with Gasteiger partial charge in [-0.25, -0.2) is 0 Å². The second-order valence-electron chi connectivity index (χ2n) is 7.14. The minimum atomic E-state index is 0.0643. The number of carbonyl (C=O) groups excluding carboxylic acids is 1. The Kier molecular flexibility index (Phi) is 2.69. The number of likely N-dealkylation sites (tertiary alicyclic amines) is 1. The summed E-state index contributed by atoms with van der Waals surface area (Å²) in [5.74, 6) is 4.42. The van der Waals surface area contributed by atoms with Crippen LogP contribution in [0.3, 0.4) is 0 Å². The second-order valence-corrected chi connectivity index (χ2v) is 7.14. The molecule has 1 aromatic rings. The monoisotopic (exact) mass is 274 g/mol. The first kappa shape index (κ1) is 12.4. The highest BCUT2D eigenvalue weighted by Gasteiger charge is 2.52. The number of amides is 1. The fourth-order valence-electron chi connectivity index (χ4n) is 4.67. The van der Waals surface area contributed by atoms with Crippen molar-refractivity contribution >= 4 is 5.91 Å². The van der Waals surface area contributed by atoms with Gasteiger partial charge in [0.25, 0.3) is 5.91 Å². The lowest BCUT2D eigenvalue weighted by Gasteiger charge is -2.22. The van der Waals surface area contributed by atoms with Crippen molar-refractivity contribution in [3.8, 4) is 0 Å². The Labute approximate surface area is 119 Å². The van der Waals surface area contributed by atoms with Gasteiger partial charge < -0.3 is 9.42 Å². The van der Waals surface area contributed by atoms with Gasteiger partial charge in [-0.2, -0.15) is 0 Å². The number of fused-ring (bicyclic) bond motifs is 5. The van der Waals surface area contributed by atoms with Crippen LogP contribution in [0, 0.1) is 23.7 Å². The Morgan fingerprint density at radius 2 is 1.95 bits per heavy atom. The van der Waals surface area contributed by atoms with Crippen LogP contribution in [0.1, 0.15) is 55.3 Å². The van der Waals surface area contributed by atoms with Gasteiger partial charge in [-0.3, -0.25) is 4.79 Å². The van der Waals surface area contributed by atoms with Gasteiger partial charge in [0.15, 0.2) is 5.69 Å². The molecule has 2 aliphatic carbocycles. The zero-order chi connectivity index (χ0) is 13.9. The van der Waals surface area contributed by atoms with Crippen LogP contribution in [0.5, 0.6) is 0 Å². The van der Waals surface area contributed by atoms with E-state index in [-0.39, 0.29) is 11.8 Å². The minimum Gasteiger partial charge on any atom is -0.360 e. The maximum atomic E-state index is 12.6. The molecule has 20 heavy (non-hydrogen) atoms. The molecule has 3 fully saturated rings. The molecule has 2 heterocycles. The topological polar surface area (TPSA) is 46.3 Å². The summed E-state index contributed by atoms with van der Waals surface area (Å²) in [6, 6.07) is 1.82. The minimum absolute atomic E-state index is 0.0643. The van der Waals surface area contributed by atoms with Crippen molar-refractivity contribution in [1.82, 2.24) is 10.1 Å². The number of carbonyl (C=O) groups is 1. The van der Waals surface area contributed by atoms with Crippen LogP contribution in [0.25, 0.3) is 0 Å². The maximum absolute atomic E-state index is 12.6. The summed E-state index contributed by atoms with van der Waals surface area (Å²) in [6.07, 6.45) is 4.18. The van der Waals surface area contributed by atoms with Crippen LogP contribution in [0.15, 0.2) is 10.6 Å². The van der Waals surface area contributed by atoms with E-state index >= 15 is 0 Å². The maximum Gasteiger partial charge on any atom is 0.276 e. The quantitative estimate of drug-likeness (QED) is 0.833. The summed E-state index contributed by atoms with van der Waals surface area (Å²) in [5, 5.41) is 3.96. The van der Waals surface area contributed by atoms with Crippen LogP contribution >= 0.6 is 0 Å². The van der Waals surface area contributed by atoms with Gasteiger partial charge in [-0.05, 0) is 42.9 Å². The molecule has 4 heteroatoms. The van der Waals surface area contributed by atoms with E-state index in [1.54, 1.807) is 0 Å². The molecule has 4 nitrogen and oxygen atoms in total. The molecule has 0 unspecified atom stereocenters. The third kappa shape index (κ3) is 1.73. The van der Waals surface area contributed by atoms with E-state index in [2.05, 4.69) is 5.16 Å². The molecule has 1 aromatic heterocycles. The molecular weight excluding hydrogens is 252 g/mol. The van der Waals surface area contributed by atoms with Gasteiger partial charge in [0.2, 0.25) is 0 Å². The number of nitrogens with zero attached hydrogens (tertiary/aromatic N) is 2. The molecule has 108 valence electrons. The molecule has 0 radical (unpaired) electrons. The van der Waals surface area contributed by atoms with E-state index in [9.17, 15) is 4.79 Å². The van der Waals surface area contributed by atoms with Crippen molar-refractivity contribution in [3.05, 3.63) is 17.5 Å². The Morgan fingerprint density at radius 1 is 1.30 bits per heavy atom. The molecule has 2 bridgehead atoms. The van der Waals surface area contributed by atoms with Crippen LogP contribution in [-0.2, 0) is 0 Å². The molecule has 4 rings (SSSR count). The number of hydrogen-bond donors (Lipinski definition) is 0. The lowest BCUT2D eigenvalue weighted by atomic mass is 9.82. The normalized spacial score (nSPS) is 35.0. The lowest BCUT2D eigenvalue weighted by molar-refractivity contribution is 0.0766.